The molecule has 14 N–H and O–H groups in total. The van der Waals surface area contributed by atoms with Crippen LogP contribution in [0.2, 0.25) is 5.02 Å². The molecule has 0 radical (unpaired) electrons. The molecule has 1 aliphatic carbocycles. The molecular weight excluding hydrogens is 556 g/mol. The van der Waals surface area contributed by atoms with Crippen molar-refractivity contribution in [2.24, 2.45) is 22.9 Å². The minimum Gasteiger partial charge on any atom is -0.491 e. The van der Waals surface area contributed by atoms with Crippen molar-refractivity contribution < 1.29 is 54.3 Å². The highest BCUT2D eigenvalue weighted by molar-refractivity contribution is 6.30. The Morgan fingerprint density at radius 1 is 0.725 bits per heavy atom. The molecular formula is C24H39ClN4O11. The highest BCUT2D eigenvalue weighted by Gasteiger charge is 2.51. The summed E-state index contributed by atoms with van der Waals surface area (Å²) in [4.78, 5) is 0. The Morgan fingerprint density at radius 2 is 1.27 bits per heavy atom. The SMILES string of the molecule is NCC1O[C@H](OC2C(N)CC(N)[C@@H](OC3O[C@H](COc4ccc(Cl)cc4)C(O)[C@@H](N)[C@H]3O)[C@H]2O)C(O)[C@@H](O)[C@@H]1O. The van der Waals surface area contributed by atoms with Gasteiger partial charge in [0.15, 0.2) is 12.6 Å². The predicted octanol–water partition coefficient (Wildman–Crippen LogP) is -4.55. The number of benzene rings is 1. The van der Waals surface area contributed by atoms with Gasteiger partial charge in [0.25, 0.3) is 0 Å². The van der Waals surface area contributed by atoms with Crippen LogP contribution in [0.15, 0.2) is 24.3 Å². The molecule has 16 heteroatoms. The Morgan fingerprint density at radius 3 is 1.85 bits per heavy atom. The molecule has 1 saturated carbocycles. The molecule has 0 aromatic heterocycles. The standard InChI is InChI=1S/C24H39ClN4O11/c25-8-1-3-9(4-2-8)36-7-13-15(30)14(29)17(32)23(38-13)39-21-10(27)5-11(28)22(20(21)35)40-24-19(34)18(33)16(31)12(6-26)37-24/h1-4,10-24,30-35H,5-7,26-29H2/t10?,11?,12?,13-,14-,15?,16-,17-,18+,19?,20-,21-,22?,23?,24-/m1/s1. The van der Waals surface area contributed by atoms with E-state index < -0.39 is 91.7 Å². The van der Waals surface area contributed by atoms with Crippen LogP contribution >= 0.6 is 11.6 Å². The fourth-order valence-corrected chi connectivity index (χ4v) is 5.22. The maximum atomic E-state index is 11.2. The summed E-state index contributed by atoms with van der Waals surface area (Å²) >= 11 is 5.89. The van der Waals surface area contributed by atoms with Crippen molar-refractivity contribution in [3.63, 3.8) is 0 Å². The van der Waals surface area contributed by atoms with E-state index in [1.807, 2.05) is 0 Å². The van der Waals surface area contributed by atoms with E-state index in [0.717, 1.165) is 0 Å². The Bertz CT molecular complexity index is 952. The number of rotatable bonds is 8. The first-order valence-electron chi connectivity index (χ1n) is 13.0. The zero-order valence-corrected chi connectivity index (χ0v) is 22.3. The van der Waals surface area contributed by atoms with E-state index in [9.17, 15) is 30.6 Å². The molecule has 3 aliphatic rings. The Kier molecular flexibility index (Phi) is 10.6. The summed E-state index contributed by atoms with van der Waals surface area (Å²) in [5.41, 5.74) is 24.0. The van der Waals surface area contributed by atoms with Crippen molar-refractivity contribution >= 4 is 11.6 Å². The van der Waals surface area contributed by atoms with E-state index in [2.05, 4.69) is 0 Å². The van der Waals surface area contributed by atoms with Crippen LogP contribution in [0.4, 0.5) is 0 Å². The summed E-state index contributed by atoms with van der Waals surface area (Å²) in [5, 5.41) is 63.5. The molecule has 228 valence electrons. The summed E-state index contributed by atoms with van der Waals surface area (Å²) in [6, 6.07) is 3.64. The summed E-state index contributed by atoms with van der Waals surface area (Å²) in [6.45, 7) is -0.320. The van der Waals surface area contributed by atoms with E-state index in [4.69, 9.17) is 58.2 Å². The van der Waals surface area contributed by atoms with Crippen LogP contribution in [0.3, 0.4) is 0 Å². The van der Waals surface area contributed by atoms with Gasteiger partial charge in [-0.05, 0) is 30.7 Å². The summed E-state index contributed by atoms with van der Waals surface area (Å²) in [7, 11) is 0. The van der Waals surface area contributed by atoms with E-state index >= 15 is 0 Å². The van der Waals surface area contributed by atoms with Crippen molar-refractivity contribution in [2.45, 2.75) is 98.2 Å². The smallest absolute Gasteiger partial charge is 0.187 e. The second kappa shape index (κ2) is 13.4. The number of hydrogen-bond donors (Lipinski definition) is 10. The average molecular weight is 595 g/mol. The first-order chi connectivity index (χ1) is 18.9. The maximum absolute atomic E-state index is 11.2. The zero-order chi connectivity index (χ0) is 29.3. The fraction of sp³-hybridized carbons (Fsp3) is 0.750. The van der Waals surface area contributed by atoms with Crippen molar-refractivity contribution in [1.82, 2.24) is 0 Å². The van der Waals surface area contributed by atoms with Crippen LogP contribution in [-0.4, -0.2) is 136 Å². The number of aliphatic hydroxyl groups is 6. The molecule has 0 spiro atoms. The van der Waals surface area contributed by atoms with Crippen molar-refractivity contribution in [3.05, 3.63) is 29.3 Å². The van der Waals surface area contributed by atoms with Gasteiger partial charge < -0.3 is 77.3 Å². The predicted molar refractivity (Wildman–Crippen MR) is 138 cm³/mol. The number of halogens is 1. The Balaban J connectivity index is 1.43. The molecule has 3 fully saturated rings. The quantitative estimate of drug-likeness (QED) is 0.136. The van der Waals surface area contributed by atoms with Gasteiger partial charge in [-0.25, -0.2) is 0 Å². The van der Waals surface area contributed by atoms with Crippen LogP contribution in [0.25, 0.3) is 0 Å². The number of ether oxygens (including phenoxy) is 5. The molecule has 2 heterocycles. The van der Waals surface area contributed by atoms with Gasteiger partial charge in [-0.15, -0.1) is 0 Å². The van der Waals surface area contributed by atoms with Crippen LogP contribution in [0.5, 0.6) is 5.75 Å². The topological polar surface area (TPSA) is 272 Å². The molecule has 7 unspecified atom stereocenters. The van der Waals surface area contributed by atoms with Gasteiger partial charge in [-0.3, -0.25) is 0 Å². The zero-order valence-electron chi connectivity index (χ0n) is 21.5. The third kappa shape index (κ3) is 6.70. The third-order valence-corrected chi connectivity index (χ3v) is 7.78. The minimum atomic E-state index is -1.67. The maximum Gasteiger partial charge on any atom is 0.187 e. The Hall–Kier alpha value is -1.25. The van der Waals surface area contributed by atoms with Crippen LogP contribution in [-0.2, 0) is 18.9 Å². The van der Waals surface area contributed by atoms with Gasteiger partial charge in [0.1, 0.15) is 73.4 Å². The number of hydrogen-bond acceptors (Lipinski definition) is 15. The van der Waals surface area contributed by atoms with Crippen LogP contribution in [0, 0.1) is 0 Å². The van der Waals surface area contributed by atoms with Crippen molar-refractivity contribution in [1.29, 1.82) is 0 Å². The molecule has 15 nitrogen and oxygen atoms in total. The molecule has 4 rings (SSSR count). The van der Waals surface area contributed by atoms with Crippen LogP contribution in [0.1, 0.15) is 6.42 Å². The highest BCUT2D eigenvalue weighted by Crippen LogP contribution is 2.31. The molecule has 1 aromatic rings. The molecule has 15 atom stereocenters. The van der Waals surface area contributed by atoms with E-state index in [0.29, 0.717) is 10.8 Å². The van der Waals surface area contributed by atoms with Gasteiger partial charge in [0, 0.05) is 23.7 Å². The first-order valence-corrected chi connectivity index (χ1v) is 13.4. The highest BCUT2D eigenvalue weighted by atomic mass is 35.5. The van der Waals surface area contributed by atoms with Gasteiger partial charge >= 0.3 is 0 Å². The lowest BCUT2D eigenvalue weighted by Crippen LogP contribution is -2.68. The lowest BCUT2D eigenvalue weighted by Gasteiger charge is -2.48. The fourth-order valence-electron chi connectivity index (χ4n) is 5.10. The number of aliphatic hydroxyl groups excluding tert-OH is 6. The van der Waals surface area contributed by atoms with Crippen molar-refractivity contribution in [3.8, 4) is 5.75 Å². The lowest BCUT2D eigenvalue weighted by molar-refractivity contribution is -0.331. The number of nitrogens with two attached hydrogens (primary N) is 4. The molecule has 40 heavy (non-hydrogen) atoms. The van der Waals surface area contributed by atoms with Gasteiger partial charge in [-0.2, -0.15) is 0 Å². The first kappa shape index (κ1) is 31.7. The average Bonchev–Trinajstić information content (AvgIpc) is 2.93. The minimum absolute atomic E-state index is 0.0846. The summed E-state index contributed by atoms with van der Waals surface area (Å²) in [5.74, 6) is 0.456. The van der Waals surface area contributed by atoms with Gasteiger partial charge in [0.2, 0.25) is 0 Å². The summed E-state index contributed by atoms with van der Waals surface area (Å²) in [6.07, 6.45) is -16.4. The van der Waals surface area contributed by atoms with Gasteiger partial charge in [0.05, 0.1) is 6.04 Å². The van der Waals surface area contributed by atoms with E-state index in [1.54, 1.807) is 24.3 Å². The Labute approximate surface area is 235 Å². The van der Waals surface area contributed by atoms with Gasteiger partial charge in [-0.1, -0.05) is 11.6 Å². The van der Waals surface area contributed by atoms with E-state index in [1.165, 1.54) is 0 Å². The monoisotopic (exact) mass is 594 g/mol. The normalized spacial score (nSPS) is 46.2. The third-order valence-electron chi connectivity index (χ3n) is 7.53. The molecule has 0 amide bonds. The molecule has 0 bridgehead atoms. The summed E-state index contributed by atoms with van der Waals surface area (Å²) < 4.78 is 28.6. The van der Waals surface area contributed by atoms with Crippen molar-refractivity contribution in [2.75, 3.05) is 13.2 Å². The molecule has 2 saturated heterocycles. The largest absolute Gasteiger partial charge is 0.491 e. The van der Waals surface area contributed by atoms with Crippen LogP contribution < -0.4 is 27.7 Å². The van der Waals surface area contributed by atoms with E-state index in [-0.39, 0.29) is 19.6 Å². The molecule has 2 aliphatic heterocycles. The molecule has 1 aromatic carbocycles. The lowest BCUT2D eigenvalue weighted by atomic mass is 9.84. The second-order valence-corrected chi connectivity index (χ2v) is 10.8. The second-order valence-electron chi connectivity index (χ2n) is 10.4.